The molecule has 0 aliphatic heterocycles. The van der Waals surface area contributed by atoms with Crippen LogP contribution in [0.25, 0.3) is 11.1 Å². The lowest BCUT2D eigenvalue weighted by Crippen LogP contribution is -2.08. The van der Waals surface area contributed by atoms with Crippen LogP contribution in [0.1, 0.15) is 84.9 Å². The monoisotopic (exact) mass is 434 g/mol. The maximum atomic E-state index is 12.4. The van der Waals surface area contributed by atoms with E-state index < -0.39 is 5.97 Å². The molecule has 0 fully saturated rings. The fourth-order valence-corrected chi connectivity index (χ4v) is 3.53. The van der Waals surface area contributed by atoms with Crippen LogP contribution < -0.4 is 0 Å². The van der Waals surface area contributed by atoms with E-state index in [1.54, 1.807) is 24.4 Å². The Kier molecular flexibility index (Phi) is 8.25. The predicted molar refractivity (Wildman–Crippen MR) is 123 cm³/mol. The highest BCUT2D eigenvalue weighted by Gasteiger charge is 2.17. The number of rotatable bonds is 12. The van der Waals surface area contributed by atoms with Gasteiger partial charge in [0, 0.05) is 36.8 Å². The van der Waals surface area contributed by atoms with Gasteiger partial charge in [0.1, 0.15) is 5.82 Å². The van der Waals surface area contributed by atoms with Gasteiger partial charge in [0.2, 0.25) is 11.6 Å². The van der Waals surface area contributed by atoms with E-state index in [4.69, 9.17) is 0 Å². The molecular weight excluding hydrogens is 404 g/mol. The van der Waals surface area contributed by atoms with Crippen LogP contribution in [0.3, 0.4) is 0 Å². The van der Waals surface area contributed by atoms with E-state index in [0.29, 0.717) is 18.4 Å². The highest BCUT2D eigenvalue weighted by Crippen LogP contribution is 2.23. The van der Waals surface area contributed by atoms with Gasteiger partial charge in [-0.3, -0.25) is 9.78 Å². The highest BCUT2D eigenvalue weighted by molar-refractivity contribution is 5.95. The number of nitrogens with zero attached hydrogens (tertiary/aromatic N) is 4. The first kappa shape index (κ1) is 23.3. The van der Waals surface area contributed by atoms with Crippen LogP contribution in [0.5, 0.6) is 0 Å². The average Bonchev–Trinajstić information content (AvgIpc) is 3.20. The molecule has 168 valence electrons. The fourth-order valence-electron chi connectivity index (χ4n) is 3.53. The number of aryl methyl sites for hydroxylation is 1. The largest absolute Gasteiger partial charge is 0.478 e. The summed E-state index contributed by atoms with van der Waals surface area (Å²) in [6.45, 7) is 4.93. The topological polar surface area (TPSA) is 98.0 Å². The molecule has 7 nitrogen and oxygen atoms in total. The minimum absolute atomic E-state index is 0.0177. The summed E-state index contributed by atoms with van der Waals surface area (Å²) in [5, 5.41) is 13.9. The first-order valence-corrected chi connectivity index (χ1v) is 11.3. The van der Waals surface area contributed by atoms with Gasteiger partial charge < -0.3 is 5.11 Å². The van der Waals surface area contributed by atoms with Gasteiger partial charge in [-0.2, -0.15) is 0 Å². The molecule has 0 spiro atoms. The fraction of sp³-hybridized carbons (Fsp3) is 0.400. The summed E-state index contributed by atoms with van der Waals surface area (Å²) in [6.07, 6.45) is 7.57. The van der Waals surface area contributed by atoms with Gasteiger partial charge in [0.15, 0.2) is 0 Å². The number of aromatic nitrogens is 4. The van der Waals surface area contributed by atoms with Crippen molar-refractivity contribution < 1.29 is 14.7 Å². The van der Waals surface area contributed by atoms with Crippen molar-refractivity contribution >= 4 is 11.8 Å². The van der Waals surface area contributed by atoms with E-state index in [9.17, 15) is 14.7 Å². The highest BCUT2D eigenvalue weighted by atomic mass is 16.4. The number of carboxylic acids is 1. The van der Waals surface area contributed by atoms with Crippen molar-refractivity contribution in [3.63, 3.8) is 0 Å². The Balaban J connectivity index is 1.82. The quantitative estimate of drug-likeness (QED) is 0.311. The van der Waals surface area contributed by atoms with Crippen molar-refractivity contribution in [2.45, 2.75) is 65.3 Å². The number of aromatic carboxylic acids is 1. The standard InChI is InChI=1S/C25H30N4O3/c1-3-5-9-15-29-23(27-24(28-29)22(30)12-6-4-2)16-19-14-13-18(17-26-19)20-10-7-8-11-21(20)25(31)32/h7-8,10-11,13-14,17H,3-6,9,12,15-16H2,1-2H3,(H,31,32). The third-order valence-electron chi connectivity index (χ3n) is 5.36. The van der Waals surface area contributed by atoms with Crippen LogP contribution in [0.2, 0.25) is 0 Å². The minimum atomic E-state index is -0.967. The normalized spacial score (nSPS) is 10.9. The number of ketones is 1. The summed E-state index contributed by atoms with van der Waals surface area (Å²) < 4.78 is 1.84. The molecule has 0 aliphatic rings. The molecule has 0 amide bonds. The average molecular weight is 435 g/mol. The van der Waals surface area contributed by atoms with Crippen molar-refractivity contribution in [2.24, 2.45) is 0 Å². The van der Waals surface area contributed by atoms with E-state index in [2.05, 4.69) is 28.9 Å². The molecule has 0 unspecified atom stereocenters. The molecule has 1 N–H and O–H groups in total. The Morgan fingerprint density at radius 2 is 1.78 bits per heavy atom. The Bertz CT molecular complexity index is 1060. The molecular formula is C25H30N4O3. The SMILES string of the molecule is CCCCCn1nc(C(=O)CCCC)nc1Cc1ccc(-c2ccccc2C(=O)O)cn1. The number of carboxylic acid groups (broad SMARTS) is 1. The predicted octanol–water partition coefficient (Wildman–Crippen LogP) is 5.19. The third-order valence-corrected chi connectivity index (χ3v) is 5.36. The second-order valence-electron chi connectivity index (χ2n) is 7.87. The Hall–Kier alpha value is -3.35. The maximum absolute atomic E-state index is 12.4. The van der Waals surface area contributed by atoms with Gasteiger partial charge in [0.25, 0.3) is 0 Å². The zero-order chi connectivity index (χ0) is 22.9. The number of Topliss-reactive ketones (excluding diaryl/α,β-unsaturated/α-hetero) is 1. The number of hydrogen-bond donors (Lipinski definition) is 1. The van der Waals surface area contributed by atoms with E-state index in [1.807, 2.05) is 22.9 Å². The number of unbranched alkanes of at least 4 members (excludes halogenated alkanes) is 3. The van der Waals surface area contributed by atoms with E-state index in [0.717, 1.165) is 55.7 Å². The molecule has 2 aromatic heterocycles. The number of carbonyl (C=O) groups excluding carboxylic acids is 1. The maximum Gasteiger partial charge on any atom is 0.336 e. The van der Waals surface area contributed by atoms with Crippen LogP contribution in [-0.2, 0) is 13.0 Å². The lowest BCUT2D eigenvalue weighted by molar-refractivity contribution is 0.0697. The van der Waals surface area contributed by atoms with Crippen LogP contribution in [0.15, 0.2) is 42.6 Å². The number of pyridine rings is 1. The molecule has 3 rings (SSSR count). The van der Waals surface area contributed by atoms with Gasteiger partial charge in [-0.1, -0.05) is 57.4 Å². The second-order valence-corrected chi connectivity index (χ2v) is 7.87. The molecule has 0 atom stereocenters. The Morgan fingerprint density at radius 3 is 2.47 bits per heavy atom. The zero-order valence-corrected chi connectivity index (χ0v) is 18.8. The van der Waals surface area contributed by atoms with Gasteiger partial charge in [-0.05, 0) is 30.5 Å². The lowest BCUT2D eigenvalue weighted by Gasteiger charge is -2.08. The molecule has 32 heavy (non-hydrogen) atoms. The molecule has 0 aliphatic carbocycles. The first-order valence-electron chi connectivity index (χ1n) is 11.3. The van der Waals surface area contributed by atoms with Gasteiger partial charge >= 0.3 is 5.97 Å². The van der Waals surface area contributed by atoms with Crippen molar-refractivity contribution in [1.29, 1.82) is 0 Å². The van der Waals surface area contributed by atoms with Crippen LogP contribution in [0.4, 0.5) is 0 Å². The Labute approximate surface area is 188 Å². The van der Waals surface area contributed by atoms with Crippen LogP contribution in [0, 0.1) is 0 Å². The van der Waals surface area contributed by atoms with Crippen molar-refractivity contribution in [2.75, 3.05) is 0 Å². The molecule has 3 aromatic rings. The van der Waals surface area contributed by atoms with E-state index in [-0.39, 0.29) is 17.2 Å². The summed E-state index contributed by atoms with van der Waals surface area (Å²) in [4.78, 5) is 33.0. The molecule has 7 heteroatoms. The van der Waals surface area contributed by atoms with E-state index >= 15 is 0 Å². The van der Waals surface area contributed by atoms with Crippen LogP contribution >= 0.6 is 0 Å². The van der Waals surface area contributed by atoms with E-state index in [1.165, 1.54) is 0 Å². The number of benzene rings is 1. The van der Waals surface area contributed by atoms with Gasteiger partial charge in [-0.25, -0.2) is 14.5 Å². The summed E-state index contributed by atoms with van der Waals surface area (Å²) in [6, 6.07) is 10.6. The molecule has 0 saturated carbocycles. The first-order chi connectivity index (χ1) is 15.5. The smallest absolute Gasteiger partial charge is 0.336 e. The zero-order valence-electron chi connectivity index (χ0n) is 18.8. The molecule has 0 radical (unpaired) electrons. The summed E-state index contributed by atoms with van der Waals surface area (Å²) in [7, 11) is 0. The molecule has 0 bridgehead atoms. The summed E-state index contributed by atoms with van der Waals surface area (Å²) in [5.41, 5.74) is 2.41. The lowest BCUT2D eigenvalue weighted by atomic mass is 10.0. The Morgan fingerprint density at radius 1 is 1.00 bits per heavy atom. The molecule has 0 saturated heterocycles. The summed E-state index contributed by atoms with van der Waals surface area (Å²) >= 11 is 0. The number of carbonyl (C=O) groups is 2. The van der Waals surface area contributed by atoms with Crippen molar-refractivity contribution in [3.8, 4) is 11.1 Å². The molecule has 1 aromatic carbocycles. The molecule has 2 heterocycles. The van der Waals surface area contributed by atoms with Crippen LogP contribution in [-0.4, -0.2) is 36.6 Å². The number of hydrogen-bond acceptors (Lipinski definition) is 5. The van der Waals surface area contributed by atoms with Gasteiger partial charge in [0.05, 0.1) is 5.56 Å². The van der Waals surface area contributed by atoms with Crippen molar-refractivity contribution in [1.82, 2.24) is 19.7 Å². The van der Waals surface area contributed by atoms with Gasteiger partial charge in [-0.15, -0.1) is 5.10 Å². The second kappa shape index (κ2) is 11.3. The third kappa shape index (κ3) is 5.87. The minimum Gasteiger partial charge on any atom is -0.478 e. The van der Waals surface area contributed by atoms with Crippen molar-refractivity contribution in [3.05, 3.63) is 65.5 Å². The summed E-state index contributed by atoms with van der Waals surface area (Å²) in [5.74, 6) is 0.0325.